The van der Waals surface area contributed by atoms with Crippen LogP contribution in [-0.4, -0.2) is 11.6 Å². The number of amides is 2. The van der Waals surface area contributed by atoms with Gasteiger partial charge in [0.1, 0.15) is 11.4 Å². The first-order chi connectivity index (χ1) is 8.55. The van der Waals surface area contributed by atoms with Crippen molar-refractivity contribution in [3.05, 3.63) is 30.1 Å². The van der Waals surface area contributed by atoms with E-state index >= 15 is 0 Å². The van der Waals surface area contributed by atoms with E-state index in [2.05, 4.69) is 16.7 Å². The Bertz CT molecular complexity index is 464. The summed E-state index contributed by atoms with van der Waals surface area (Å²) in [6.07, 6.45) is 1.02. The van der Waals surface area contributed by atoms with Gasteiger partial charge in [0.25, 0.3) is 0 Å². The van der Waals surface area contributed by atoms with Crippen LogP contribution in [0.15, 0.2) is 24.3 Å². The van der Waals surface area contributed by atoms with Gasteiger partial charge in [-0.3, -0.25) is 0 Å². The summed E-state index contributed by atoms with van der Waals surface area (Å²) in [7, 11) is 0. The van der Waals surface area contributed by atoms with Gasteiger partial charge in [-0.05, 0) is 31.0 Å². The highest BCUT2D eigenvalue weighted by Crippen LogP contribution is 2.14. The number of nitrogens with one attached hydrogen (secondary N) is 2. The van der Waals surface area contributed by atoms with Crippen LogP contribution < -0.4 is 10.6 Å². The van der Waals surface area contributed by atoms with Crippen molar-refractivity contribution in [2.24, 2.45) is 0 Å². The lowest BCUT2D eigenvalue weighted by molar-refractivity contribution is 0.242. The van der Waals surface area contributed by atoms with Crippen molar-refractivity contribution in [3.63, 3.8) is 0 Å². The Morgan fingerprint density at radius 2 is 2.11 bits per heavy atom. The average Bonchev–Trinajstić information content (AvgIpc) is 2.36. The van der Waals surface area contributed by atoms with Gasteiger partial charge in [-0.2, -0.15) is 5.26 Å². The molecule has 0 saturated carbocycles. The summed E-state index contributed by atoms with van der Waals surface area (Å²) < 4.78 is 12.9. The second-order valence-corrected chi connectivity index (χ2v) is 3.99. The number of nitrogens with zero attached hydrogens (tertiary/aromatic N) is 1. The monoisotopic (exact) mass is 249 g/mol. The van der Waals surface area contributed by atoms with Crippen molar-refractivity contribution in [1.29, 1.82) is 5.26 Å². The predicted molar refractivity (Wildman–Crippen MR) is 67.5 cm³/mol. The number of halogens is 1. The van der Waals surface area contributed by atoms with Crippen molar-refractivity contribution < 1.29 is 9.18 Å². The number of nitriles is 1. The van der Waals surface area contributed by atoms with Crippen LogP contribution in [0, 0.1) is 17.1 Å². The molecule has 0 aromatic heterocycles. The molecule has 2 amide bonds. The Morgan fingerprint density at radius 3 is 2.61 bits per heavy atom. The summed E-state index contributed by atoms with van der Waals surface area (Å²) in [5, 5.41) is 14.2. The third-order valence-corrected chi connectivity index (χ3v) is 2.86. The van der Waals surface area contributed by atoms with E-state index in [1.807, 2.05) is 13.8 Å². The summed E-state index contributed by atoms with van der Waals surface area (Å²) in [6, 6.07) is 7.17. The lowest BCUT2D eigenvalue weighted by atomic mass is 9.95. The van der Waals surface area contributed by atoms with Gasteiger partial charge >= 0.3 is 6.03 Å². The summed E-state index contributed by atoms with van der Waals surface area (Å²) in [5.41, 5.74) is -0.524. The minimum atomic E-state index is -0.878. The smallest absolute Gasteiger partial charge is 0.319 e. The number of urea groups is 1. The van der Waals surface area contributed by atoms with Crippen LogP contribution in [-0.2, 0) is 0 Å². The first-order valence-corrected chi connectivity index (χ1v) is 5.81. The number of rotatable bonds is 4. The molecule has 0 aliphatic rings. The Kier molecular flexibility index (Phi) is 4.67. The first-order valence-electron chi connectivity index (χ1n) is 5.81. The fraction of sp³-hybridized carbons (Fsp3) is 0.385. The second kappa shape index (κ2) is 6.01. The molecule has 1 aromatic carbocycles. The molecule has 1 aromatic rings. The van der Waals surface area contributed by atoms with Crippen LogP contribution in [0.5, 0.6) is 0 Å². The molecule has 0 heterocycles. The molecule has 0 fully saturated rings. The molecule has 1 rings (SSSR count). The van der Waals surface area contributed by atoms with Gasteiger partial charge in [-0.25, -0.2) is 9.18 Å². The van der Waals surface area contributed by atoms with Crippen LogP contribution in [0.2, 0.25) is 0 Å². The number of carbonyl (C=O) groups is 1. The van der Waals surface area contributed by atoms with Crippen molar-refractivity contribution >= 4 is 11.7 Å². The van der Waals surface area contributed by atoms with E-state index in [1.54, 1.807) is 6.07 Å². The third kappa shape index (κ3) is 3.45. The summed E-state index contributed by atoms with van der Waals surface area (Å²) in [4.78, 5) is 11.7. The van der Waals surface area contributed by atoms with E-state index in [9.17, 15) is 9.18 Å². The van der Waals surface area contributed by atoms with Crippen LogP contribution in [0.1, 0.15) is 26.7 Å². The Morgan fingerprint density at radius 1 is 1.44 bits per heavy atom. The van der Waals surface area contributed by atoms with Gasteiger partial charge in [0.05, 0.1) is 6.07 Å². The van der Waals surface area contributed by atoms with Crippen molar-refractivity contribution in [1.82, 2.24) is 5.32 Å². The Labute approximate surface area is 106 Å². The van der Waals surface area contributed by atoms with Gasteiger partial charge in [-0.1, -0.05) is 19.9 Å². The molecule has 0 atom stereocenters. The quantitative estimate of drug-likeness (QED) is 0.861. The van der Waals surface area contributed by atoms with E-state index in [0.717, 1.165) is 0 Å². The molecule has 0 aliphatic carbocycles. The van der Waals surface area contributed by atoms with E-state index in [4.69, 9.17) is 5.26 Å². The molecule has 4 nitrogen and oxygen atoms in total. The van der Waals surface area contributed by atoms with E-state index < -0.39 is 17.4 Å². The minimum absolute atomic E-state index is 0.353. The number of carbonyl (C=O) groups excluding carboxylic acids is 1. The standard InChI is InChI=1S/C13H16FN3O/c1-3-13(4-2,9-15)17-12(18)16-11-7-5-6-10(14)8-11/h5-8H,3-4H2,1-2H3,(H2,16,17,18). The van der Waals surface area contributed by atoms with Crippen LogP contribution >= 0.6 is 0 Å². The molecule has 5 heteroatoms. The molecule has 0 bridgehead atoms. The SMILES string of the molecule is CCC(C#N)(CC)NC(=O)Nc1cccc(F)c1. The molecule has 0 unspecified atom stereocenters. The van der Waals surface area contributed by atoms with E-state index in [1.165, 1.54) is 18.2 Å². The highest BCUT2D eigenvalue weighted by molar-refractivity contribution is 5.90. The van der Waals surface area contributed by atoms with E-state index in [0.29, 0.717) is 18.5 Å². The molecule has 0 aliphatic heterocycles. The number of hydrogen-bond acceptors (Lipinski definition) is 2. The van der Waals surface area contributed by atoms with Crippen molar-refractivity contribution in [3.8, 4) is 6.07 Å². The summed E-state index contributed by atoms with van der Waals surface area (Å²) in [5.74, 6) is -0.426. The molecule has 96 valence electrons. The van der Waals surface area contributed by atoms with Gasteiger partial charge in [0.2, 0.25) is 0 Å². The Hall–Kier alpha value is -2.09. The predicted octanol–water partition coefficient (Wildman–Crippen LogP) is 3.03. The van der Waals surface area contributed by atoms with E-state index in [-0.39, 0.29) is 0 Å². The maximum absolute atomic E-state index is 12.9. The topological polar surface area (TPSA) is 64.9 Å². The highest BCUT2D eigenvalue weighted by Gasteiger charge is 2.27. The fourth-order valence-electron chi connectivity index (χ4n) is 1.56. The third-order valence-electron chi connectivity index (χ3n) is 2.86. The van der Waals surface area contributed by atoms with Crippen LogP contribution in [0.3, 0.4) is 0 Å². The minimum Gasteiger partial charge on any atom is -0.319 e. The molecule has 0 radical (unpaired) electrons. The number of hydrogen-bond donors (Lipinski definition) is 2. The van der Waals surface area contributed by atoms with Gasteiger partial charge in [-0.15, -0.1) is 0 Å². The molecule has 0 saturated heterocycles. The number of benzene rings is 1. The highest BCUT2D eigenvalue weighted by atomic mass is 19.1. The van der Waals surface area contributed by atoms with Crippen molar-refractivity contribution in [2.75, 3.05) is 5.32 Å². The second-order valence-electron chi connectivity index (χ2n) is 3.99. The van der Waals surface area contributed by atoms with Crippen LogP contribution in [0.4, 0.5) is 14.9 Å². The molecular weight excluding hydrogens is 233 g/mol. The van der Waals surface area contributed by atoms with Gasteiger partial charge in [0.15, 0.2) is 0 Å². The zero-order valence-corrected chi connectivity index (χ0v) is 10.5. The van der Waals surface area contributed by atoms with Gasteiger partial charge < -0.3 is 10.6 Å². The number of anilines is 1. The summed E-state index contributed by atoms with van der Waals surface area (Å²) >= 11 is 0. The molecule has 0 spiro atoms. The maximum atomic E-state index is 12.9. The zero-order chi connectivity index (χ0) is 13.6. The Balaban J connectivity index is 2.70. The summed E-state index contributed by atoms with van der Waals surface area (Å²) in [6.45, 7) is 3.66. The molecule has 2 N–H and O–H groups in total. The van der Waals surface area contributed by atoms with Crippen LogP contribution in [0.25, 0.3) is 0 Å². The largest absolute Gasteiger partial charge is 0.320 e. The molecular formula is C13H16FN3O. The maximum Gasteiger partial charge on any atom is 0.320 e. The average molecular weight is 249 g/mol. The lowest BCUT2D eigenvalue weighted by Crippen LogP contribution is -2.48. The fourth-order valence-corrected chi connectivity index (χ4v) is 1.56. The lowest BCUT2D eigenvalue weighted by Gasteiger charge is -2.24. The van der Waals surface area contributed by atoms with Crippen molar-refractivity contribution in [2.45, 2.75) is 32.2 Å². The first kappa shape index (κ1) is 14.0. The normalized spacial score (nSPS) is 10.6. The molecule has 18 heavy (non-hydrogen) atoms. The van der Waals surface area contributed by atoms with Gasteiger partial charge in [0, 0.05) is 5.69 Å². The zero-order valence-electron chi connectivity index (χ0n) is 10.5.